The number of likely N-dealkylation sites (tertiary alicyclic amines) is 1. The Hall–Kier alpha value is -4.38. The number of carbonyl (C=O) groups is 2. The minimum Gasteiger partial charge on any atom is -0.361 e. The number of aryl methyl sites for hydroxylation is 1. The number of rotatable bonds is 8. The Balaban J connectivity index is 1.41. The Bertz CT molecular complexity index is 1270. The summed E-state index contributed by atoms with van der Waals surface area (Å²) in [6.07, 6.45) is 10.7. The van der Waals surface area contributed by atoms with Gasteiger partial charge in [-0.25, -0.2) is 0 Å². The first-order chi connectivity index (χ1) is 17.5. The highest BCUT2D eigenvalue weighted by Crippen LogP contribution is 2.25. The number of amides is 2. The standard InChI is InChI=1S/C31H31N3O2/c1-3-4-21-32-28-9-6-5-8-27(28)31(36)34-22-7-10-29(34)30(35)33-26-19-17-25(18-20-26)16-15-24-13-11-23(2)12-14-24/h3-6,8-9,11-21,29,32H,1,7,10,22H2,2H3,(H,33,35)/b16-15+,21-4-. The van der Waals surface area contributed by atoms with Crippen molar-refractivity contribution in [2.45, 2.75) is 25.8 Å². The molecule has 2 amide bonds. The third-order valence-corrected chi connectivity index (χ3v) is 6.17. The lowest BCUT2D eigenvalue weighted by molar-refractivity contribution is -0.119. The molecular weight excluding hydrogens is 446 g/mol. The average Bonchev–Trinajstić information content (AvgIpc) is 3.40. The molecule has 0 aliphatic carbocycles. The second-order valence-electron chi connectivity index (χ2n) is 8.80. The summed E-state index contributed by atoms with van der Waals surface area (Å²) >= 11 is 0. The molecule has 1 atom stereocenters. The largest absolute Gasteiger partial charge is 0.361 e. The van der Waals surface area contributed by atoms with E-state index in [2.05, 4.69) is 54.5 Å². The lowest BCUT2D eigenvalue weighted by Crippen LogP contribution is -2.43. The molecule has 1 aliphatic rings. The van der Waals surface area contributed by atoms with Gasteiger partial charge in [0.2, 0.25) is 5.91 Å². The predicted octanol–water partition coefficient (Wildman–Crippen LogP) is 6.52. The summed E-state index contributed by atoms with van der Waals surface area (Å²) in [4.78, 5) is 28.2. The SMILES string of the molecule is C=C/C=C\Nc1ccccc1C(=O)N1CCCC1C(=O)Nc1ccc(/C=C/c2ccc(C)cc2)cc1. The maximum Gasteiger partial charge on any atom is 0.256 e. The summed E-state index contributed by atoms with van der Waals surface area (Å²) in [5.41, 5.74) is 5.36. The maximum atomic E-state index is 13.4. The molecule has 1 unspecified atom stereocenters. The predicted molar refractivity (Wildman–Crippen MR) is 149 cm³/mol. The Kier molecular flexibility index (Phi) is 8.14. The lowest BCUT2D eigenvalue weighted by Gasteiger charge is -2.25. The number of benzene rings is 3. The third-order valence-electron chi connectivity index (χ3n) is 6.17. The third kappa shape index (κ3) is 6.19. The van der Waals surface area contributed by atoms with E-state index in [-0.39, 0.29) is 11.8 Å². The van der Waals surface area contributed by atoms with Crippen LogP contribution in [0.5, 0.6) is 0 Å². The van der Waals surface area contributed by atoms with Crippen molar-refractivity contribution in [1.29, 1.82) is 0 Å². The van der Waals surface area contributed by atoms with E-state index in [1.165, 1.54) is 5.56 Å². The van der Waals surface area contributed by atoms with E-state index in [1.54, 1.807) is 29.3 Å². The van der Waals surface area contributed by atoms with Gasteiger partial charge in [-0.2, -0.15) is 0 Å². The summed E-state index contributed by atoms with van der Waals surface area (Å²) in [6.45, 7) is 6.28. The first kappa shape index (κ1) is 24.7. The normalized spacial score (nSPS) is 15.4. The zero-order valence-electron chi connectivity index (χ0n) is 20.5. The zero-order valence-corrected chi connectivity index (χ0v) is 20.5. The van der Waals surface area contributed by atoms with Crippen molar-refractivity contribution in [2.24, 2.45) is 0 Å². The van der Waals surface area contributed by atoms with Crippen LogP contribution in [0.1, 0.15) is 39.9 Å². The summed E-state index contributed by atoms with van der Waals surface area (Å²) in [5, 5.41) is 6.11. The molecule has 1 saturated heterocycles. The van der Waals surface area contributed by atoms with Gasteiger partial charge in [0.25, 0.3) is 5.91 Å². The van der Waals surface area contributed by atoms with E-state index in [1.807, 2.05) is 48.5 Å². The van der Waals surface area contributed by atoms with Crippen LogP contribution in [0.4, 0.5) is 11.4 Å². The first-order valence-corrected chi connectivity index (χ1v) is 12.1. The molecular formula is C31H31N3O2. The van der Waals surface area contributed by atoms with Gasteiger partial charge < -0.3 is 15.5 Å². The second kappa shape index (κ2) is 11.8. The fourth-order valence-electron chi connectivity index (χ4n) is 4.21. The van der Waals surface area contributed by atoms with E-state index < -0.39 is 6.04 Å². The molecule has 0 saturated carbocycles. The van der Waals surface area contributed by atoms with Crippen LogP contribution in [0.2, 0.25) is 0 Å². The minimum atomic E-state index is -0.504. The quantitative estimate of drug-likeness (QED) is 0.287. The van der Waals surface area contributed by atoms with Gasteiger partial charge in [-0.1, -0.05) is 78.9 Å². The van der Waals surface area contributed by atoms with Gasteiger partial charge >= 0.3 is 0 Å². The maximum absolute atomic E-state index is 13.4. The molecule has 3 aromatic carbocycles. The molecule has 3 aromatic rings. The van der Waals surface area contributed by atoms with Crippen molar-refractivity contribution in [2.75, 3.05) is 17.2 Å². The minimum absolute atomic E-state index is 0.153. The van der Waals surface area contributed by atoms with Gasteiger partial charge in [0.05, 0.1) is 11.3 Å². The summed E-state index contributed by atoms with van der Waals surface area (Å²) in [6, 6.07) is 22.9. The first-order valence-electron chi connectivity index (χ1n) is 12.1. The Morgan fingerprint density at radius 3 is 2.31 bits per heavy atom. The van der Waals surface area contributed by atoms with Gasteiger partial charge in [-0.05, 0) is 61.2 Å². The van der Waals surface area contributed by atoms with E-state index in [9.17, 15) is 9.59 Å². The number of anilines is 2. The van der Waals surface area contributed by atoms with Gasteiger partial charge in [0, 0.05) is 18.4 Å². The van der Waals surface area contributed by atoms with Crippen LogP contribution in [0.25, 0.3) is 12.2 Å². The molecule has 0 spiro atoms. The molecule has 1 aliphatic heterocycles. The van der Waals surface area contributed by atoms with E-state index >= 15 is 0 Å². The summed E-state index contributed by atoms with van der Waals surface area (Å²) in [5.74, 6) is -0.319. The van der Waals surface area contributed by atoms with E-state index in [0.717, 1.165) is 17.5 Å². The van der Waals surface area contributed by atoms with Crippen LogP contribution in [0.3, 0.4) is 0 Å². The van der Waals surface area contributed by atoms with Crippen molar-refractivity contribution in [3.8, 4) is 0 Å². The van der Waals surface area contributed by atoms with Crippen LogP contribution in [-0.4, -0.2) is 29.3 Å². The molecule has 1 fully saturated rings. The smallest absolute Gasteiger partial charge is 0.256 e. The molecule has 1 heterocycles. The van der Waals surface area contributed by atoms with Crippen molar-refractivity contribution in [3.63, 3.8) is 0 Å². The molecule has 2 N–H and O–H groups in total. The van der Waals surface area contributed by atoms with Crippen molar-refractivity contribution in [1.82, 2.24) is 4.90 Å². The topological polar surface area (TPSA) is 61.4 Å². The number of hydrogen-bond acceptors (Lipinski definition) is 3. The highest BCUT2D eigenvalue weighted by molar-refractivity contribution is 6.04. The number of allylic oxidation sites excluding steroid dienone is 2. The lowest BCUT2D eigenvalue weighted by atomic mass is 10.1. The van der Waals surface area contributed by atoms with E-state index in [4.69, 9.17) is 0 Å². The van der Waals surface area contributed by atoms with Gasteiger partial charge in [0.1, 0.15) is 6.04 Å². The number of nitrogens with one attached hydrogen (secondary N) is 2. The zero-order chi connectivity index (χ0) is 25.3. The monoisotopic (exact) mass is 477 g/mol. The Labute approximate surface area is 212 Å². The van der Waals surface area contributed by atoms with Crippen LogP contribution in [0, 0.1) is 6.92 Å². The van der Waals surface area contributed by atoms with Gasteiger partial charge in [-0.3, -0.25) is 9.59 Å². The molecule has 5 heteroatoms. The molecule has 0 radical (unpaired) electrons. The molecule has 4 rings (SSSR count). The molecule has 0 bridgehead atoms. The van der Waals surface area contributed by atoms with Gasteiger partial charge in [0.15, 0.2) is 0 Å². The summed E-state index contributed by atoms with van der Waals surface area (Å²) < 4.78 is 0. The van der Waals surface area contributed by atoms with E-state index in [0.29, 0.717) is 29.9 Å². The second-order valence-corrected chi connectivity index (χ2v) is 8.80. The number of nitrogens with zero attached hydrogens (tertiary/aromatic N) is 1. The van der Waals surface area contributed by atoms with Crippen LogP contribution < -0.4 is 10.6 Å². The molecule has 5 nitrogen and oxygen atoms in total. The van der Waals surface area contributed by atoms with Crippen molar-refractivity contribution < 1.29 is 9.59 Å². The van der Waals surface area contributed by atoms with Crippen LogP contribution >= 0.6 is 0 Å². The fourth-order valence-corrected chi connectivity index (χ4v) is 4.21. The Morgan fingerprint density at radius 2 is 1.61 bits per heavy atom. The van der Waals surface area contributed by atoms with Gasteiger partial charge in [-0.15, -0.1) is 0 Å². The molecule has 0 aromatic heterocycles. The number of carbonyl (C=O) groups excluding carboxylic acids is 2. The van der Waals surface area contributed by atoms with Crippen molar-refractivity contribution >= 4 is 35.3 Å². The highest BCUT2D eigenvalue weighted by atomic mass is 16.2. The van der Waals surface area contributed by atoms with Crippen LogP contribution in [-0.2, 0) is 4.79 Å². The number of hydrogen-bond donors (Lipinski definition) is 2. The molecule has 182 valence electrons. The number of para-hydroxylation sites is 1. The van der Waals surface area contributed by atoms with Crippen molar-refractivity contribution in [3.05, 3.63) is 120 Å². The molecule has 36 heavy (non-hydrogen) atoms. The summed E-state index contributed by atoms with van der Waals surface area (Å²) in [7, 11) is 0. The van der Waals surface area contributed by atoms with Crippen LogP contribution in [0.15, 0.2) is 97.7 Å². The average molecular weight is 478 g/mol. The highest BCUT2D eigenvalue weighted by Gasteiger charge is 2.35. The fraction of sp³-hybridized carbons (Fsp3) is 0.161. The Morgan fingerprint density at radius 1 is 0.944 bits per heavy atom.